The maximum Gasteiger partial charge on any atom is 0.166 e. The molecule has 0 aliphatic heterocycles. The number of methoxy groups -OCH3 is 1. The summed E-state index contributed by atoms with van der Waals surface area (Å²) in [5.74, 6) is 1.08. The Balaban J connectivity index is 1.60. The molecule has 2 aromatic rings. The number of allylic oxidation sites excluding steroid dienone is 1. The molecule has 0 bridgehead atoms. The molecule has 4 heteroatoms. The Morgan fingerprint density at radius 2 is 1.89 bits per heavy atom. The van der Waals surface area contributed by atoms with Crippen molar-refractivity contribution in [1.29, 1.82) is 0 Å². The molecule has 0 fully saturated rings. The minimum Gasteiger partial charge on any atom is -0.493 e. The summed E-state index contributed by atoms with van der Waals surface area (Å²) in [5, 5.41) is 3.50. The number of nitrogens with one attached hydrogen (secondary N) is 1. The lowest BCUT2D eigenvalue weighted by Gasteiger charge is -2.17. The minimum atomic E-state index is -0.257. The van der Waals surface area contributed by atoms with Gasteiger partial charge in [0.1, 0.15) is 12.4 Å². The zero-order chi connectivity index (χ0) is 18.9. The van der Waals surface area contributed by atoms with Crippen LogP contribution in [0, 0.1) is 5.82 Å². The molecule has 0 spiro atoms. The molecule has 3 rings (SSSR count). The maximum absolute atomic E-state index is 13.9. The lowest BCUT2D eigenvalue weighted by Crippen LogP contribution is -2.16. The fourth-order valence-corrected chi connectivity index (χ4v) is 3.39. The van der Waals surface area contributed by atoms with Gasteiger partial charge in [0, 0.05) is 17.7 Å². The van der Waals surface area contributed by atoms with Gasteiger partial charge in [-0.2, -0.15) is 0 Å². The first-order valence-electron chi connectivity index (χ1n) is 9.68. The van der Waals surface area contributed by atoms with Crippen LogP contribution in [0.2, 0.25) is 0 Å². The van der Waals surface area contributed by atoms with Crippen molar-refractivity contribution in [3.8, 4) is 11.5 Å². The standard InChI is InChI=1S/C23H28FNO2/c1-26-22-13-7-11-19(16-25-15-14-18-8-3-2-4-9-18)23(22)27-17-20-10-5-6-12-21(20)24/h5-8,10-13,25H,2-4,9,14-17H2,1H3. The summed E-state index contributed by atoms with van der Waals surface area (Å²) >= 11 is 0. The third kappa shape index (κ3) is 5.57. The van der Waals surface area contributed by atoms with Crippen LogP contribution in [0.15, 0.2) is 54.1 Å². The van der Waals surface area contributed by atoms with Crippen molar-refractivity contribution in [1.82, 2.24) is 5.32 Å². The molecule has 0 unspecified atom stereocenters. The number of halogens is 1. The summed E-state index contributed by atoms with van der Waals surface area (Å²) in [6.07, 6.45) is 8.57. The van der Waals surface area contributed by atoms with Crippen LogP contribution in [-0.2, 0) is 13.2 Å². The van der Waals surface area contributed by atoms with Gasteiger partial charge in [-0.25, -0.2) is 4.39 Å². The molecule has 2 aromatic carbocycles. The van der Waals surface area contributed by atoms with Crippen LogP contribution in [0.1, 0.15) is 43.2 Å². The van der Waals surface area contributed by atoms with E-state index in [1.165, 1.54) is 31.7 Å². The largest absolute Gasteiger partial charge is 0.493 e. The van der Waals surface area contributed by atoms with Gasteiger partial charge in [0.25, 0.3) is 0 Å². The van der Waals surface area contributed by atoms with E-state index in [1.807, 2.05) is 24.3 Å². The van der Waals surface area contributed by atoms with Crippen LogP contribution in [0.5, 0.6) is 11.5 Å². The summed E-state index contributed by atoms with van der Waals surface area (Å²) in [6.45, 7) is 1.81. The van der Waals surface area contributed by atoms with Crippen molar-refractivity contribution >= 4 is 0 Å². The smallest absolute Gasteiger partial charge is 0.166 e. The average molecular weight is 369 g/mol. The van der Waals surface area contributed by atoms with Crippen LogP contribution < -0.4 is 14.8 Å². The third-order valence-corrected chi connectivity index (χ3v) is 4.93. The van der Waals surface area contributed by atoms with Gasteiger partial charge in [-0.05, 0) is 50.8 Å². The van der Waals surface area contributed by atoms with Gasteiger partial charge < -0.3 is 14.8 Å². The molecule has 27 heavy (non-hydrogen) atoms. The highest BCUT2D eigenvalue weighted by Gasteiger charge is 2.12. The predicted octanol–water partition coefficient (Wildman–Crippen LogP) is 5.39. The number of hydrogen-bond acceptors (Lipinski definition) is 3. The number of hydrogen-bond donors (Lipinski definition) is 1. The summed E-state index contributed by atoms with van der Waals surface area (Å²) in [6, 6.07) is 12.5. The number of rotatable bonds is 9. The van der Waals surface area contributed by atoms with Gasteiger partial charge in [-0.1, -0.05) is 42.0 Å². The fraction of sp³-hybridized carbons (Fsp3) is 0.391. The van der Waals surface area contributed by atoms with E-state index < -0.39 is 0 Å². The number of para-hydroxylation sites is 1. The molecule has 1 N–H and O–H groups in total. The Morgan fingerprint density at radius 3 is 2.67 bits per heavy atom. The first-order valence-corrected chi connectivity index (χ1v) is 9.68. The SMILES string of the molecule is COc1cccc(CNCCC2=CCCCC2)c1OCc1ccccc1F. The molecule has 0 radical (unpaired) electrons. The molecule has 1 aliphatic rings. The molecule has 144 valence electrons. The highest BCUT2D eigenvalue weighted by molar-refractivity contribution is 5.46. The van der Waals surface area contributed by atoms with Crippen molar-refractivity contribution in [2.24, 2.45) is 0 Å². The Hall–Kier alpha value is -2.33. The van der Waals surface area contributed by atoms with Crippen LogP contribution in [-0.4, -0.2) is 13.7 Å². The predicted molar refractivity (Wildman–Crippen MR) is 107 cm³/mol. The normalized spacial score (nSPS) is 13.9. The Kier molecular flexibility index (Phi) is 7.28. The number of ether oxygens (including phenoxy) is 2. The fourth-order valence-electron chi connectivity index (χ4n) is 3.39. The quantitative estimate of drug-likeness (QED) is 0.475. The van der Waals surface area contributed by atoms with E-state index in [1.54, 1.807) is 24.8 Å². The van der Waals surface area contributed by atoms with Crippen molar-refractivity contribution in [2.75, 3.05) is 13.7 Å². The van der Waals surface area contributed by atoms with Gasteiger partial charge >= 0.3 is 0 Å². The average Bonchev–Trinajstić information content (AvgIpc) is 2.71. The number of benzene rings is 2. The molecule has 0 amide bonds. The lowest BCUT2D eigenvalue weighted by atomic mass is 9.97. The first kappa shape index (κ1) is 19.4. The third-order valence-electron chi connectivity index (χ3n) is 4.93. The lowest BCUT2D eigenvalue weighted by molar-refractivity contribution is 0.276. The van der Waals surface area contributed by atoms with E-state index in [-0.39, 0.29) is 12.4 Å². The topological polar surface area (TPSA) is 30.5 Å². The second kappa shape index (κ2) is 10.1. The van der Waals surface area contributed by atoms with Gasteiger partial charge in [0.2, 0.25) is 0 Å². The monoisotopic (exact) mass is 369 g/mol. The molecular weight excluding hydrogens is 341 g/mol. The zero-order valence-corrected chi connectivity index (χ0v) is 16.0. The minimum absolute atomic E-state index is 0.174. The van der Waals surface area contributed by atoms with Crippen LogP contribution in [0.4, 0.5) is 4.39 Å². The van der Waals surface area contributed by atoms with Crippen LogP contribution in [0.3, 0.4) is 0 Å². The zero-order valence-electron chi connectivity index (χ0n) is 16.0. The van der Waals surface area contributed by atoms with E-state index >= 15 is 0 Å². The van der Waals surface area contributed by atoms with Gasteiger partial charge in [0.05, 0.1) is 7.11 Å². The van der Waals surface area contributed by atoms with Crippen molar-refractivity contribution < 1.29 is 13.9 Å². The Labute approximate surface area is 161 Å². The molecule has 0 atom stereocenters. The van der Waals surface area contributed by atoms with Gasteiger partial charge in [-0.3, -0.25) is 0 Å². The van der Waals surface area contributed by atoms with E-state index in [2.05, 4.69) is 11.4 Å². The summed E-state index contributed by atoms with van der Waals surface area (Å²) < 4.78 is 25.3. The van der Waals surface area contributed by atoms with Crippen molar-refractivity contribution in [3.05, 3.63) is 71.1 Å². The Bertz CT molecular complexity index is 773. The van der Waals surface area contributed by atoms with Crippen LogP contribution >= 0.6 is 0 Å². The van der Waals surface area contributed by atoms with E-state index in [9.17, 15) is 4.39 Å². The first-order chi connectivity index (χ1) is 13.3. The Morgan fingerprint density at radius 1 is 1.04 bits per heavy atom. The maximum atomic E-state index is 13.9. The van der Waals surface area contributed by atoms with Gasteiger partial charge in [-0.15, -0.1) is 0 Å². The molecule has 1 aliphatic carbocycles. The molecule has 0 saturated heterocycles. The van der Waals surface area contributed by atoms with Crippen LogP contribution in [0.25, 0.3) is 0 Å². The molecule has 0 heterocycles. The molecular formula is C23H28FNO2. The highest BCUT2D eigenvalue weighted by Crippen LogP contribution is 2.32. The van der Waals surface area contributed by atoms with E-state index in [0.717, 1.165) is 18.5 Å². The molecule has 0 saturated carbocycles. The molecule has 0 aromatic heterocycles. The van der Waals surface area contributed by atoms with E-state index in [4.69, 9.17) is 9.47 Å². The van der Waals surface area contributed by atoms with E-state index in [0.29, 0.717) is 23.6 Å². The summed E-state index contributed by atoms with van der Waals surface area (Å²) in [5.41, 5.74) is 3.12. The second-order valence-electron chi connectivity index (χ2n) is 6.86. The van der Waals surface area contributed by atoms with Crippen molar-refractivity contribution in [3.63, 3.8) is 0 Å². The summed E-state index contributed by atoms with van der Waals surface area (Å²) in [4.78, 5) is 0. The molecule has 3 nitrogen and oxygen atoms in total. The summed E-state index contributed by atoms with van der Waals surface area (Å²) in [7, 11) is 1.62. The second-order valence-corrected chi connectivity index (χ2v) is 6.86. The van der Waals surface area contributed by atoms with Gasteiger partial charge in [0.15, 0.2) is 11.5 Å². The highest BCUT2D eigenvalue weighted by atomic mass is 19.1. The van der Waals surface area contributed by atoms with Crippen molar-refractivity contribution in [2.45, 2.75) is 45.3 Å².